The van der Waals surface area contributed by atoms with Gasteiger partial charge in [-0.3, -0.25) is 4.79 Å². The smallest absolute Gasteiger partial charge is 0.328 e. The number of pyridine rings is 2. The highest BCUT2D eigenvalue weighted by Crippen LogP contribution is 2.36. The fraction of sp³-hybridized carbons (Fsp3) is 0.195. The Morgan fingerprint density at radius 2 is 1.07 bits per heavy atom. The summed E-state index contributed by atoms with van der Waals surface area (Å²) in [6.07, 6.45) is 4.43. The molecule has 0 aliphatic carbocycles. The number of aryl methyl sites for hydroxylation is 2. The molecule has 4 rings (SSSR count). The van der Waals surface area contributed by atoms with Gasteiger partial charge in [0.15, 0.2) is 29.3 Å². The average molecular weight is 812 g/mol. The molecule has 0 spiro atoms. The van der Waals surface area contributed by atoms with E-state index in [1.54, 1.807) is 49.6 Å². The Morgan fingerprint density at radius 1 is 0.661 bits per heavy atom. The number of benzene rings is 2. The normalized spacial score (nSPS) is 9.81. The van der Waals surface area contributed by atoms with Gasteiger partial charge in [0, 0.05) is 47.8 Å². The van der Waals surface area contributed by atoms with Gasteiger partial charge in [-0.25, -0.2) is 29.1 Å². The molecule has 0 amide bonds. The van der Waals surface area contributed by atoms with Gasteiger partial charge in [-0.15, -0.1) is 0 Å². The molecule has 2 aromatic carbocycles. The highest BCUT2D eigenvalue weighted by Gasteiger charge is 2.15. The number of nitriles is 2. The van der Waals surface area contributed by atoms with Crippen molar-refractivity contribution in [2.75, 3.05) is 21.3 Å². The zero-order valence-electron chi connectivity index (χ0n) is 32.5. The molecule has 0 fully saturated rings. The van der Waals surface area contributed by atoms with Crippen molar-refractivity contribution in [1.82, 2.24) is 15.3 Å². The van der Waals surface area contributed by atoms with Crippen LogP contribution in [0.15, 0.2) is 85.0 Å². The molecule has 18 heteroatoms. The first-order chi connectivity index (χ1) is 28.2. The maximum absolute atomic E-state index is 11.0. The Bertz CT molecular complexity index is 2160. The number of aliphatic carboxylic acids is 4. The lowest BCUT2D eigenvalue weighted by atomic mass is 10.2. The van der Waals surface area contributed by atoms with Crippen molar-refractivity contribution in [1.29, 1.82) is 10.5 Å². The Hall–Kier alpha value is -8.09. The van der Waals surface area contributed by atoms with E-state index < -0.39 is 23.9 Å². The number of rotatable bonds is 15. The quantitative estimate of drug-likeness (QED) is 0.0722. The number of hydrogen-bond acceptors (Lipinski definition) is 14. The van der Waals surface area contributed by atoms with Crippen LogP contribution in [0, 0.1) is 22.7 Å². The van der Waals surface area contributed by atoms with Crippen LogP contribution in [0.5, 0.6) is 34.8 Å². The highest BCUT2D eigenvalue weighted by molar-refractivity contribution is 5.90. The average Bonchev–Trinajstić information content (AvgIpc) is 3.22. The third kappa shape index (κ3) is 17.5. The molecular weight excluding hydrogens is 770 g/mol. The molecule has 5 N–H and O–H groups in total. The Labute approximate surface area is 338 Å². The molecule has 0 saturated heterocycles. The standard InChI is InChI=1S/C17H19N3O2.C16H14N2O3.2C4H4O4/c1-4-14-9-8-12(10-18)17(20-14)22-15-7-5-6-13(11-19-2)16(15)21-3;1-3-13-8-7-11(9-17)16(18-13)21-14-6-4-5-12(10-19)15(14)20-2;2*5-3(6)1-2-4(7)8/h5-9,19H,4,11H2,1-3H3;4-8,10H,3H2,1-2H3;2*1-2H,(H,5,6)(H,7,8). The minimum absolute atomic E-state index is 0.207. The lowest BCUT2D eigenvalue weighted by Gasteiger charge is -2.14. The summed E-state index contributed by atoms with van der Waals surface area (Å²) in [4.78, 5) is 57.9. The number of carbonyl (C=O) groups excluding carboxylic acids is 1. The summed E-state index contributed by atoms with van der Waals surface area (Å²) < 4.78 is 22.2. The molecule has 59 heavy (non-hydrogen) atoms. The first-order valence-corrected chi connectivity index (χ1v) is 17.1. The lowest BCUT2D eigenvalue weighted by Crippen LogP contribution is -2.07. The minimum atomic E-state index is -1.26. The van der Waals surface area contributed by atoms with Crippen LogP contribution in [0.3, 0.4) is 0 Å². The summed E-state index contributed by atoms with van der Waals surface area (Å²) in [5.41, 5.74) is 3.77. The highest BCUT2D eigenvalue weighted by atomic mass is 16.5. The second-order valence-electron chi connectivity index (χ2n) is 10.9. The van der Waals surface area contributed by atoms with Gasteiger partial charge < -0.3 is 44.7 Å². The number of nitrogens with zero attached hydrogens (tertiary/aromatic N) is 4. The molecule has 2 aromatic heterocycles. The third-order valence-electron chi connectivity index (χ3n) is 6.92. The second kappa shape index (κ2) is 26.7. The van der Waals surface area contributed by atoms with Crippen LogP contribution in [0.2, 0.25) is 0 Å². The summed E-state index contributed by atoms with van der Waals surface area (Å²) in [6, 6.07) is 21.8. The van der Waals surface area contributed by atoms with Crippen molar-refractivity contribution in [2.45, 2.75) is 33.2 Å². The number of hydrogen-bond donors (Lipinski definition) is 5. The summed E-state index contributed by atoms with van der Waals surface area (Å²) in [6.45, 7) is 4.63. The molecule has 308 valence electrons. The van der Waals surface area contributed by atoms with E-state index in [4.69, 9.17) is 44.6 Å². The molecule has 0 atom stereocenters. The van der Waals surface area contributed by atoms with Crippen molar-refractivity contribution in [3.63, 3.8) is 0 Å². The van der Waals surface area contributed by atoms with Crippen molar-refractivity contribution in [3.8, 4) is 46.9 Å². The van der Waals surface area contributed by atoms with E-state index in [9.17, 15) is 29.2 Å². The summed E-state index contributed by atoms with van der Waals surface area (Å²) in [7, 11) is 4.92. The first-order valence-electron chi connectivity index (χ1n) is 17.1. The molecular formula is C41H41N5O13. The maximum Gasteiger partial charge on any atom is 0.328 e. The van der Waals surface area contributed by atoms with Gasteiger partial charge in [-0.2, -0.15) is 10.5 Å². The molecule has 0 aliphatic heterocycles. The molecule has 0 saturated carbocycles. The fourth-order valence-electron chi connectivity index (χ4n) is 4.30. The molecule has 0 aliphatic rings. The number of carboxylic acids is 4. The van der Waals surface area contributed by atoms with E-state index in [0.717, 1.165) is 29.8 Å². The molecule has 2 heterocycles. The molecule has 0 unspecified atom stereocenters. The Morgan fingerprint density at radius 3 is 1.41 bits per heavy atom. The number of ether oxygens (including phenoxy) is 4. The summed E-state index contributed by atoms with van der Waals surface area (Å²) >= 11 is 0. The van der Waals surface area contributed by atoms with Gasteiger partial charge in [0.2, 0.25) is 11.8 Å². The van der Waals surface area contributed by atoms with Crippen molar-refractivity contribution >= 4 is 30.2 Å². The maximum atomic E-state index is 11.0. The predicted octanol–water partition coefficient (Wildman–Crippen LogP) is 5.59. The van der Waals surface area contributed by atoms with E-state index in [2.05, 4.69) is 21.4 Å². The number of nitrogens with one attached hydrogen (secondary N) is 1. The molecule has 0 radical (unpaired) electrons. The molecule has 18 nitrogen and oxygen atoms in total. The number of methoxy groups -OCH3 is 2. The van der Waals surface area contributed by atoms with Crippen molar-refractivity contribution in [2.24, 2.45) is 0 Å². The zero-order valence-corrected chi connectivity index (χ0v) is 32.5. The summed E-state index contributed by atoms with van der Waals surface area (Å²) in [5.74, 6) is -2.66. The van der Waals surface area contributed by atoms with Crippen LogP contribution in [-0.2, 0) is 38.6 Å². The largest absolute Gasteiger partial charge is 0.492 e. The van der Waals surface area contributed by atoms with Crippen LogP contribution in [0.25, 0.3) is 0 Å². The van der Waals surface area contributed by atoms with Crippen LogP contribution in [-0.4, -0.2) is 81.8 Å². The SMILES string of the molecule is CCc1ccc(C#N)c(Oc2cccc(C=O)c2OC)n1.CCc1ccc(C#N)c(Oc2cccc(CNC)c2OC)n1.O=C(O)C=CC(=O)O.O=C(O)C=CC(=O)O. The van der Waals surface area contributed by atoms with Crippen molar-refractivity contribution < 1.29 is 63.3 Å². The topological polar surface area (TPSA) is 289 Å². The number of aldehydes is 1. The Kier molecular flexibility index (Phi) is 22.1. The van der Waals surface area contributed by atoms with Gasteiger partial charge in [0.1, 0.15) is 23.3 Å². The second-order valence-corrected chi connectivity index (χ2v) is 10.9. The van der Waals surface area contributed by atoms with E-state index >= 15 is 0 Å². The van der Waals surface area contributed by atoms with E-state index in [1.807, 2.05) is 45.2 Å². The first kappa shape index (κ1) is 48.9. The van der Waals surface area contributed by atoms with Crippen LogP contribution >= 0.6 is 0 Å². The van der Waals surface area contributed by atoms with E-state index in [0.29, 0.717) is 82.7 Å². The molecule has 4 aromatic rings. The van der Waals surface area contributed by atoms with Crippen LogP contribution in [0.4, 0.5) is 0 Å². The van der Waals surface area contributed by atoms with Gasteiger partial charge in [-0.05, 0) is 62.4 Å². The number of aromatic nitrogens is 2. The predicted molar refractivity (Wildman–Crippen MR) is 210 cm³/mol. The van der Waals surface area contributed by atoms with Gasteiger partial charge in [-0.1, -0.05) is 32.0 Å². The van der Waals surface area contributed by atoms with Gasteiger partial charge >= 0.3 is 23.9 Å². The lowest BCUT2D eigenvalue weighted by molar-refractivity contribution is -0.134. The van der Waals surface area contributed by atoms with E-state index in [1.165, 1.54) is 7.11 Å². The van der Waals surface area contributed by atoms with Crippen LogP contribution < -0.4 is 24.3 Å². The van der Waals surface area contributed by atoms with Crippen LogP contribution in [0.1, 0.15) is 52.3 Å². The fourth-order valence-corrected chi connectivity index (χ4v) is 4.30. The van der Waals surface area contributed by atoms with Gasteiger partial charge in [0.05, 0.1) is 19.8 Å². The Balaban J connectivity index is 0.000000435. The van der Waals surface area contributed by atoms with E-state index in [-0.39, 0.29) is 5.88 Å². The molecule has 0 bridgehead atoms. The monoisotopic (exact) mass is 811 g/mol. The third-order valence-corrected chi connectivity index (χ3v) is 6.92. The minimum Gasteiger partial charge on any atom is -0.492 e. The van der Waals surface area contributed by atoms with Crippen molar-refractivity contribution in [3.05, 3.63) is 119 Å². The summed E-state index contributed by atoms with van der Waals surface area (Å²) in [5, 5.41) is 52.7. The number of carbonyl (C=O) groups is 5. The number of carboxylic acid groups (broad SMARTS) is 4. The zero-order chi connectivity index (χ0) is 44.3. The van der Waals surface area contributed by atoms with Gasteiger partial charge in [0.25, 0.3) is 0 Å². The number of para-hydroxylation sites is 2.